The Hall–Kier alpha value is -2.70. The largest absolute Gasteiger partial charge is 0.351 e. The highest BCUT2D eigenvalue weighted by atomic mass is 16.7. The molecule has 3 aromatic rings. The van der Waals surface area contributed by atoms with Crippen LogP contribution in [0.2, 0.25) is 0 Å². The molecule has 0 N–H and O–H groups in total. The molecule has 138 valence electrons. The van der Waals surface area contributed by atoms with Gasteiger partial charge in [-0.15, -0.1) is 0 Å². The first kappa shape index (κ1) is 16.5. The number of hydrogen-bond donors (Lipinski definition) is 0. The van der Waals surface area contributed by atoms with Gasteiger partial charge in [0.25, 0.3) is 5.56 Å². The monoisotopic (exact) mass is 362 g/mol. The van der Waals surface area contributed by atoms with Crippen LogP contribution in [-0.2, 0) is 11.4 Å². The maximum absolute atomic E-state index is 13.4. The molecule has 6 nitrogen and oxygen atoms in total. The summed E-state index contributed by atoms with van der Waals surface area (Å²) < 4.78 is 1.64. The maximum atomic E-state index is 13.4. The molecule has 0 saturated carbocycles. The number of nitrogens with zero attached hydrogens (tertiary/aromatic N) is 4. The van der Waals surface area contributed by atoms with Crippen LogP contribution in [0.25, 0.3) is 5.65 Å². The summed E-state index contributed by atoms with van der Waals surface area (Å²) in [4.78, 5) is 26.5. The third-order valence-corrected chi connectivity index (χ3v) is 5.72. The summed E-state index contributed by atoms with van der Waals surface area (Å²) in [6.45, 7) is 3.62. The Morgan fingerprint density at radius 3 is 2.74 bits per heavy atom. The van der Waals surface area contributed by atoms with Crippen molar-refractivity contribution in [1.82, 2.24) is 14.4 Å². The second kappa shape index (κ2) is 6.18. The molecule has 3 atom stereocenters. The van der Waals surface area contributed by atoms with Gasteiger partial charge in [-0.1, -0.05) is 36.4 Å². The summed E-state index contributed by atoms with van der Waals surface area (Å²) in [5.74, 6) is 1.00. The Kier molecular flexibility index (Phi) is 3.77. The van der Waals surface area contributed by atoms with Crippen molar-refractivity contribution in [1.29, 1.82) is 0 Å². The molecule has 0 bridgehead atoms. The van der Waals surface area contributed by atoms with Crippen molar-refractivity contribution in [2.24, 2.45) is 5.92 Å². The van der Waals surface area contributed by atoms with E-state index in [4.69, 9.17) is 9.82 Å². The van der Waals surface area contributed by atoms with Crippen molar-refractivity contribution in [3.63, 3.8) is 0 Å². The molecule has 0 amide bonds. The fraction of sp³-hybridized carbons (Fsp3) is 0.333. The number of pyridine rings is 1. The second-order valence-corrected chi connectivity index (χ2v) is 7.41. The number of hydrogen-bond acceptors (Lipinski definition) is 5. The van der Waals surface area contributed by atoms with Crippen LogP contribution < -0.4 is 10.5 Å². The third-order valence-electron chi connectivity index (χ3n) is 5.72. The standard InChI is InChI=1S/C21H22N4O2/c1-14-16-13-24(12-15-8-4-3-5-9-15)20-18(19(16)23(2)27-14)21(26)25-11-7-6-10-17(25)22-20/h3-11,14,16,19H,12-13H2,1-2H3/t14-,16+,19-/m0/s1. The van der Waals surface area contributed by atoms with Gasteiger partial charge in [0.05, 0.1) is 17.7 Å². The van der Waals surface area contributed by atoms with Crippen molar-refractivity contribution in [3.05, 3.63) is 76.2 Å². The second-order valence-electron chi connectivity index (χ2n) is 7.41. The van der Waals surface area contributed by atoms with Gasteiger partial charge in [-0.25, -0.2) is 4.98 Å². The first-order valence-corrected chi connectivity index (χ1v) is 9.33. The minimum atomic E-state index is -0.0703. The number of anilines is 1. The highest BCUT2D eigenvalue weighted by Crippen LogP contribution is 2.44. The smallest absolute Gasteiger partial charge is 0.264 e. The molecule has 2 aromatic heterocycles. The summed E-state index contributed by atoms with van der Waals surface area (Å²) in [6.07, 6.45) is 1.84. The lowest BCUT2D eigenvalue weighted by Crippen LogP contribution is -2.44. The Labute approximate surface area is 157 Å². The molecule has 0 radical (unpaired) electrons. The van der Waals surface area contributed by atoms with Gasteiger partial charge in [0.15, 0.2) is 0 Å². The van der Waals surface area contributed by atoms with Gasteiger partial charge in [0.2, 0.25) is 0 Å². The predicted octanol–water partition coefficient (Wildman–Crippen LogP) is 2.64. The van der Waals surface area contributed by atoms with Crippen LogP contribution in [0.15, 0.2) is 59.5 Å². The molecule has 5 rings (SSSR count). The van der Waals surface area contributed by atoms with Gasteiger partial charge >= 0.3 is 0 Å². The van der Waals surface area contributed by atoms with Crippen molar-refractivity contribution < 1.29 is 4.84 Å². The van der Waals surface area contributed by atoms with Crippen molar-refractivity contribution in [2.75, 3.05) is 18.5 Å². The number of hydroxylamine groups is 2. The van der Waals surface area contributed by atoms with E-state index >= 15 is 0 Å². The molecular weight excluding hydrogens is 340 g/mol. The lowest BCUT2D eigenvalue weighted by molar-refractivity contribution is -0.139. The quantitative estimate of drug-likeness (QED) is 0.701. The van der Waals surface area contributed by atoms with Crippen LogP contribution in [0.1, 0.15) is 24.1 Å². The van der Waals surface area contributed by atoms with Crippen LogP contribution in [0.5, 0.6) is 0 Å². The minimum Gasteiger partial charge on any atom is -0.351 e. The molecular formula is C21H22N4O2. The summed E-state index contributed by atoms with van der Waals surface area (Å²) in [5.41, 5.74) is 2.61. The van der Waals surface area contributed by atoms with Gasteiger partial charge in [-0.2, -0.15) is 5.06 Å². The first-order valence-electron chi connectivity index (χ1n) is 9.33. The van der Waals surface area contributed by atoms with E-state index in [-0.39, 0.29) is 23.6 Å². The van der Waals surface area contributed by atoms with E-state index in [1.165, 1.54) is 5.56 Å². The summed E-state index contributed by atoms with van der Waals surface area (Å²) >= 11 is 0. The highest BCUT2D eigenvalue weighted by molar-refractivity contribution is 5.57. The van der Waals surface area contributed by atoms with E-state index in [0.717, 1.165) is 24.5 Å². The number of benzene rings is 1. The topological polar surface area (TPSA) is 50.1 Å². The zero-order valence-corrected chi connectivity index (χ0v) is 15.4. The molecule has 1 aromatic carbocycles. The Morgan fingerprint density at radius 1 is 1.15 bits per heavy atom. The molecule has 0 unspecified atom stereocenters. The molecule has 4 heterocycles. The van der Waals surface area contributed by atoms with Crippen molar-refractivity contribution in [3.8, 4) is 0 Å². The molecule has 0 spiro atoms. The number of aromatic nitrogens is 2. The van der Waals surface area contributed by atoms with Gasteiger partial charge < -0.3 is 4.90 Å². The minimum absolute atomic E-state index is 0.00656. The highest BCUT2D eigenvalue weighted by Gasteiger charge is 2.47. The van der Waals surface area contributed by atoms with E-state index < -0.39 is 0 Å². The summed E-state index contributed by atoms with van der Waals surface area (Å²) in [7, 11) is 1.91. The number of fused-ring (bicyclic) bond motifs is 4. The molecule has 27 heavy (non-hydrogen) atoms. The van der Waals surface area contributed by atoms with Gasteiger partial charge in [0.1, 0.15) is 11.5 Å². The van der Waals surface area contributed by atoms with E-state index in [0.29, 0.717) is 5.65 Å². The zero-order chi connectivity index (χ0) is 18.5. The lowest BCUT2D eigenvalue weighted by Gasteiger charge is -2.37. The van der Waals surface area contributed by atoms with E-state index in [2.05, 4.69) is 24.0 Å². The predicted molar refractivity (Wildman–Crippen MR) is 103 cm³/mol. The first-order chi connectivity index (χ1) is 13.1. The van der Waals surface area contributed by atoms with Crippen LogP contribution in [0, 0.1) is 5.92 Å². The lowest BCUT2D eigenvalue weighted by atomic mass is 9.86. The van der Waals surface area contributed by atoms with E-state index in [9.17, 15) is 4.79 Å². The van der Waals surface area contributed by atoms with Crippen LogP contribution in [0.3, 0.4) is 0 Å². The van der Waals surface area contributed by atoms with Gasteiger partial charge in [-0.05, 0) is 24.6 Å². The Balaban J connectivity index is 1.71. The average Bonchev–Trinajstić information content (AvgIpc) is 2.96. The van der Waals surface area contributed by atoms with Crippen LogP contribution in [-0.4, -0.2) is 34.1 Å². The third kappa shape index (κ3) is 2.56. The molecule has 1 saturated heterocycles. The van der Waals surface area contributed by atoms with E-state index in [1.807, 2.05) is 48.5 Å². The van der Waals surface area contributed by atoms with Gasteiger partial charge in [0, 0.05) is 32.3 Å². The SMILES string of the molecule is C[C@@H]1ON(C)[C@@H]2c3c(nc4ccccn4c3=O)N(Cc3ccccc3)C[C@H]12. The molecule has 6 heteroatoms. The van der Waals surface area contributed by atoms with Crippen LogP contribution in [0.4, 0.5) is 5.82 Å². The molecule has 2 aliphatic heterocycles. The summed E-state index contributed by atoms with van der Waals surface area (Å²) in [5, 5.41) is 1.84. The normalized spacial score (nSPS) is 24.8. The summed E-state index contributed by atoms with van der Waals surface area (Å²) in [6, 6.07) is 15.9. The molecule has 2 aliphatic rings. The number of rotatable bonds is 2. The Bertz CT molecular complexity index is 1050. The fourth-order valence-electron chi connectivity index (χ4n) is 4.45. The molecule has 1 fully saturated rings. The van der Waals surface area contributed by atoms with Crippen molar-refractivity contribution >= 4 is 11.5 Å². The van der Waals surface area contributed by atoms with Gasteiger partial charge in [-0.3, -0.25) is 14.0 Å². The average molecular weight is 362 g/mol. The Morgan fingerprint density at radius 2 is 1.93 bits per heavy atom. The van der Waals surface area contributed by atoms with E-state index in [1.54, 1.807) is 10.6 Å². The zero-order valence-electron chi connectivity index (χ0n) is 15.4. The maximum Gasteiger partial charge on any atom is 0.264 e. The fourth-order valence-corrected chi connectivity index (χ4v) is 4.45. The molecule has 0 aliphatic carbocycles. The van der Waals surface area contributed by atoms with Crippen LogP contribution >= 0.6 is 0 Å². The van der Waals surface area contributed by atoms with Crippen molar-refractivity contribution in [2.45, 2.75) is 25.6 Å².